The molecule has 0 unspecified atom stereocenters. The molecular weight excluding hydrogens is 584 g/mol. The van der Waals surface area contributed by atoms with E-state index in [4.69, 9.17) is 9.47 Å². The number of aldehydes is 1. The fraction of sp³-hybridized carbons (Fsp3) is 0.486. The number of hydrogen-bond donors (Lipinski definition) is 0. The Morgan fingerprint density at radius 2 is 1.07 bits per heavy atom. The summed E-state index contributed by atoms with van der Waals surface area (Å²) in [5, 5.41) is 0. The molecule has 2 aliphatic rings. The van der Waals surface area contributed by atoms with Crippen molar-refractivity contribution in [1.82, 2.24) is 9.80 Å². The first-order valence-corrected chi connectivity index (χ1v) is 15.6. The fourth-order valence-electron chi connectivity index (χ4n) is 5.55. The van der Waals surface area contributed by atoms with Crippen LogP contribution < -0.4 is 0 Å². The second kappa shape index (κ2) is 14.0. The number of rotatable bonds is 8. The van der Waals surface area contributed by atoms with Gasteiger partial charge in [0, 0.05) is 19.5 Å². The van der Waals surface area contributed by atoms with Gasteiger partial charge in [-0.3, -0.25) is 19.2 Å². The molecule has 2 amide bonds. The SMILES string of the molecule is C=C[C@]1(C(=O)OC(C)(C)C)CC(=O)N([C@H](C)c2ccccc2)C1.C[C@H](c1ccccc1)N1C[C@@](C=O)(C(=O)OC(C)(C)C)CC1=O. The lowest BCUT2D eigenvalue weighted by Gasteiger charge is -2.30. The molecule has 2 heterocycles. The van der Waals surface area contributed by atoms with Crippen molar-refractivity contribution < 1.29 is 33.4 Å². The summed E-state index contributed by atoms with van der Waals surface area (Å²) in [6, 6.07) is 19.1. The Bertz CT molecular complexity index is 1320. The highest BCUT2D eigenvalue weighted by Crippen LogP contribution is 2.40. The lowest BCUT2D eigenvalue weighted by atomic mass is 9.87. The van der Waals surface area contributed by atoms with Crippen molar-refractivity contribution in [2.75, 3.05) is 13.1 Å². The first-order chi connectivity index (χ1) is 21.4. The number of ether oxygens (including phenoxy) is 2. The van der Waals surface area contributed by atoms with Gasteiger partial charge in [-0.25, -0.2) is 0 Å². The molecule has 4 atom stereocenters. The minimum Gasteiger partial charge on any atom is -0.459 e. The van der Waals surface area contributed by atoms with Gasteiger partial charge in [0.05, 0.1) is 18.5 Å². The van der Waals surface area contributed by atoms with Crippen molar-refractivity contribution >= 4 is 30.0 Å². The number of benzene rings is 2. The van der Waals surface area contributed by atoms with Gasteiger partial charge in [0.1, 0.15) is 28.3 Å². The molecule has 9 heteroatoms. The van der Waals surface area contributed by atoms with Crippen LogP contribution in [0.2, 0.25) is 0 Å². The quantitative estimate of drug-likeness (QED) is 0.152. The Morgan fingerprint density at radius 1 is 0.717 bits per heavy atom. The standard InChI is InChI=1S/C19H25NO3.C18H23NO4/c1-6-19(17(22)23-18(3,4)5)12-16(21)20(13-19)14(2)15-10-8-7-9-11-15;1-13(14-8-6-5-7-9-14)19-11-18(12-20,10-15(19)21)16(22)23-17(2,3)4/h6-11,14H,1,12-13H2,2-5H3;5-9,12-13H,10-11H2,1-4H3/t14-,19+;13-,18+/m11/s1. The highest BCUT2D eigenvalue weighted by molar-refractivity contribution is 6.01. The van der Waals surface area contributed by atoms with Crippen LogP contribution in [0.3, 0.4) is 0 Å². The van der Waals surface area contributed by atoms with E-state index >= 15 is 0 Å². The number of hydrogen-bond acceptors (Lipinski definition) is 7. The Kier molecular flexibility index (Phi) is 11.0. The van der Waals surface area contributed by atoms with E-state index in [1.165, 1.54) is 0 Å². The van der Waals surface area contributed by atoms with E-state index in [2.05, 4.69) is 6.58 Å². The maximum absolute atomic E-state index is 12.6. The number of carbonyl (C=O) groups excluding carboxylic acids is 5. The topological polar surface area (TPSA) is 110 Å². The summed E-state index contributed by atoms with van der Waals surface area (Å²) >= 11 is 0. The lowest BCUT2D eigenvalue weighted by molar-refractivity contribution is -0.167. The third kappa shape index (κ3) is 8.50. The molecule has 4 rings (SSSR count). The van der Waals surface area contributed by atoms with Crippen molar-refractivity contribution in [2.45, 2.75) is 91.5 Å². The van der Waals surface area contributed by atoms with Crippen LogP contribution in [0.15, 0.2) is 73.3 Å². The zero-order valence-electron chi connectivity index (χ0n) is 28.4. The molecule has 0 radical (unpaired) electrons. The Hall–Kier alpha value is -4.27. The van der Waals surface area contributed by atoms with Crippen LogP contribution in [0, 0.1) is 10.8 Å². The van der Waals surface area contributed by atoms with Crippen LogP contribution in [0.1, 0.15) is 91.4 Å². The molecule has 0 aromatic heterocycles. The Labute approximate surface area is 272 Å². The largest absolute Gasteiger partial charge is 0.459 e. The second-order valence-electron chi connectivity index (χ2n) is 14.2. The summed E-state index contributed by atoms with van der Waals surface area (Å²) in [5.41, 5.74) is -1.65. The van der Waals surface area contributed by atoms with Gasteiger partial charge in [-0.1, -0.05) is 66.7 Å². The van der Waals surface area contributed by atoms with Crippen molar-refractivity contribution in [3.05, 3.63) is 84.4 Å². The van der Waals surface area contributed by atoms with Crippen LogP contribution in [-0.4, -0.2) is 64.1 Å². The number of likely N-dealkylation sites (tertiary alicyclic amines) is 2. The van der Waals surface area contributed by atoms with E-state index in [9.17, 15) is 24.0 Å². The van der Waals surface area contributed by atoms with E-state index < -0.39 is 28.0 Å². The third-order valence-electron chi connectivity index (χ3n) is 8.21. The first kappa shape index (κ1) is 36.2. The van der Waals surface area contributed by atoms with Gasteiger partial charge < -0.3 is 24.1 Å². The average Bonchev–Trinajstić information content (AvgIpc) is 3.54. The predicted octanol–water partition coefficient (Wildman–Crippen LogP) is 6.00. The molecule has 0 saturated carbocycles. The normalized spacial score (nSPS) is 22.8. The van der Waals surface area contributed by atoms with Gasteiger partial charge in [0.15, 0.2) is 0 Å². The molecule has 0 N–H and O–H groups in total. The van der Waals surface area contributed by atoms with E-state index in [1.807, 2.05) is 95.3 Å². The number of esters is 2. The summed E-state index contributed by atoms with van der Waals surface area (Å²) in [6.07, 6.45) is 2.11. The van der Waals surface area contributed by atoms with E-state index in [0.717, 1.165) is 11.1 Å². The van der Waals surface area contributed by atoms with Gasteiger partial charge in [-0.15, -0.1) is 6.58 Å². The zero-order valence-corrected chi connectivity index (χ0v) is 28.4. The second-order valence-corrected chi connectivity index (χ2v) is 14.2. The lowest BCUT2D eigenvalue weighted by Crippen LogP contribution is -2.41. The van der Waals surface area contributed by atoms with Crippen LogP contribution in [0.25, 0.3) is 0 Å². The maximum Gasteiger partial charge on any atom is 0.322 e. The third-order valence-corrected chi connectivity index (χ3v) is 8.21. The van der Waals surface area contributed by atoms with Crippen LogP contribution in [-0.2, 0) is 33.4 Å². The van der Waals surface area contributed by atoms with Gasteiger partial charge >= 0.3 is 11.9 Å². The van der Waals surface area contributed by atoms with E-state index in [0.29, 0.717) is 12.8 Å². The van der Waals surface area contributed by atoms with Crippen LogP contribution in [0.5, 0.6) is 0 Å². The molecule has 2 aromatic carbocycles. The molecule has 248 valence electrons. The molecule has 9 nitrogen and oxygen atoms in total. The Morgan fingerprint density at radius 3 is 1.41 bits per heavy atom. The van der Waals surface area contributed by atoms with Gasteiger partial charge in [-0.05, 0) is 66.5 Å². The first-order valence-electron chi connectivity index (χ1n) is 15.6. The highest BCUT2D eigenvalue weighted by atomic mass is 16.6. The summed E-state index contributed by atoms with van der Waals surface area (Å²) in [4.78, 5) is 64.9. The molecule has 2 fully saturated rings. The summed E-state index contributed by atoms with van der Waals surface area (Å²) in [5.74, 6) is -1.27. The molecular formula is C37H48N2O7. The molecule has 2 saturated heterocycles. The minimum absolute atomic E-state index is 0.0490. The number of carbonyl (C=O) groups is 5. The van der Waals surface area contributed by atoms with Crippen molar-refractivity contribution in [1.29, 1.82) is 0 Å². The molecule has 0 bridgehead atoms. The van der Waals surface area contributed by atoms with Crippen LogP contribution >= 0.6 is 0 Å². The summed E-state index contributed by atoms with van der Waals surface area (Å²) < 4.78 is 10.9. The summed E-state index contributed by atoms with van der Waals surface area (Å²) in [7, 11) is 0. The van der Waals surface area contributed by atoms with E-state index in [-0.39, 0.29) is 49.3 Å². The fourth-order valence-corrected chi connectivity index (χ4v) is 5.55. The van der Waals surface area contributed by atoms with E-state index in [1.54, 1.807) is 36.6 Å². The van der Waals surface area contributed by atoms with Gasteiger partial charge in [-0.2, -0.15) is 0 Å². The number of nitrogens with zero attached hydrogens (tertiary/aromatic N) is 2. The monoisotopic (exact) mass is 632 g/mol. The van der Waals surface area contributed by atoms with Crippen molar-refractivity contribution in [2.24, 2.45) is 10.8 Å². The van der Waals surface area contributed by atoms with Crippen LogP contribution in [0.4, 0.5) is 0 Å². The average molecular weight is 633 g/mol. The van der Waals surface area contributed by atoms with Crippen molar-refractivity contribution in [3.63, 3.8) is 0 Å². The molecule has 0 aliphatic carbocycles. The summed E-state index contributed by atoms with van der Waals surface area (Å²) in [6.45, 7) is 18.7. The number of amides is 2. The zero-order chi connectivity index (χ0) is 34.5. The maximum atomic E-state index is 12.6. The molecule has 46 heavy (non-hydrogen) atoms. The molecule has 2 aliphatic heterocycles. The minimum atomic E-state index is -1.41. The Balaban J connectivity index is 0.000000250. The van der Waals surface area contributed by atoms with Gasteiger partial charge in [0.25, 0.3) is 0 Å². The predicted molar refractivity (Wildman–Crippen MR) is 175 cm³/mol. The smallest absolute Gasteiger partial charge is 0.322 e. The molecule has 0 spiro atoms. The highest BCUT2D eigenvalue weighted by Gasteiger charge is 2.52. The van der Waals surface area contributed by atoms with Crippen molar-refractivity contribution in [3.8, 4) is 0 Å². The molecule has 2 aromatic rings. The van der Waals surface area contributed by atoms with Gasteiger partial charge in [0.2, 0.25) is 11.8 Å².